The van der Waals surface area contributed by atoms with Crippen molar-refractivity contribution in [3.05, 3.63) is 0 Å². The van der Waals surface area contributed by atoms with Gasteiger partial charge in [0.2, 0.25) is 17.7 Å². The van der Waals surface area contributed by atoms with Crippen molar-refractivity contribution in [1.29, 1.82) is 0 Å². The van der Waals surface area contributed by atoms with Crippen LogP contribution in [0.3, 0.4) is 0 Å². The summed E-state index contributed by atoms with van der Waals surface area (Å²) in [5.74, 6) is -0.329. The third-order valence-electron chi connectivity index (χ3n) is 4.37. The van der Waals surface area contributed by atoms with Crippen molar-refractivity contribution in [2.45, 2.75) is 45.6 Å². The highest BCUT2D eigenvalue weighted by Gasteiger charge is 2.36. The number of carbonyl (C=O) groups excluding carboxylic acids is 3. The highest BCUT2D eigenvalue weighted by molar-refractivity contribution is 6.02. The predicted octanol–water partition coefficient (Wildman–Crippen LogP) is 0.111. The van der Waals surface area contributed by atoms with Gasteiger partial charge in [-0.25, -0.2) is 0 Å². The molecule has 1 atom stereocenters. The van der Waals surface area contributed by atoms with Crippen molar-refractivity contribution >= 4 is 17.7 Å². The average molecular weight is 281 g/mol. The molecule has 2 fully saturated rings. The normalized spacial score (nSPS) is 26.2. The first-order chi connectivity index (χ1) is 9.31. The maximum Gasteiger partial charge on any atom is 0.229 e. The second kappa shape index (κ2) is 5.52. The van der Waals surface area contributed by atoms with Gasteiger partial charge in [-0.05, 0) is 11.8 Å². The molecular formula is C14H23N3O3. The van der Waals surface area contributed by atoms with Crippen molar-refractivity contribution in [3.63, 3.8) is 0 Å². The smallest absolute Gasteiger partial charge is 0.229 e. The molecule has 0 aromatic rings. The molecule has 0 bridgehead atoms. The Morgan fingerprint density at radius 2 is 1.90 bits per heavy atom. The van der Waals surface area contributed by atoms with Gasteiger partial charge in [-0.2, -0.15) is 0 Å². The molecule has 2 saturated heterocycles. The molecule has 0 aliphatic carbocycles. The van der Waals surface area contributed by atoms with Crippen molar-refractivity contribution in [3.8, 4) is 0 Å². The zero-order chi connectivity index (χ0) is 14.9. The fourth-order valence-electron chi connectivity index (χ4n) is 2.82. The summed E-state index contributed by atoms with van der Waals surface area (Å²) in [5, 5.41) is 0. The minimum absolute atomic E-state index is 0.00234. The Bertz CT molecular complexity index is 417. The van der Waals surface area contributed by atoms with Crippen LogP contribution in [0.4, 0.5) is 0 Å². The summed E-state index contributed by atoms with van der Waals surface area (Å²) in [4.78, 5) is 38.2. The molecule has 0 spiro atoms. The third-order valence-corrected chi connectivity index (χ3v) is 4.37. The van der Waals surface area contributed by atoms with E-state index in [-0.39, 0.29) is 55.0 Å². The topological polar surface area (TPSA) is 83.7 Å². The molecule has 2 aliphatic rings. The molecule has 2 rings (SSSR count). The molecule has 0 aromatic carbocycles. The standard InChI is InChI=1S/C14H23N3O3/c1-14(2)9-16(7-5-10(14)15)11(18)6-8-17-12(19)3-4-13(17)20/h10H,3-9,15H2,1-2H3. The van der Waals surface area contributed by atoms with Gasteiger partial charge in [0.25, 0.3) is 0 Å². The van der Waals surface area contributed by atoms with E-state index in [1.54, 1.807) is 4.90 Å². The van der Waals surface area contributed by atoms with Crippen LogP contribution in [0.25, 0.3) is 0 Å². The lowest BCUT2D eigenvalue weighted by atomic mass is 9.79. The first-order valence-electron chi connectivity index (χ1n) is 7.18. The molecular weight excluding hydrogens is 258 g/mol. The summed E-state index contributed by atoms with van der Waals surface area (Å²) in [5.41, 5.74) is 5.96. The number of carbonyl (C=O) groups is 3. The number of likely N-dealkylation sites (tertiary alicyclic amines) is 2. The number of nitrogens with zero attached hydrogens (tertiary/aromatic N) is 2. The number of rotatable bonds is 3. The molecule has 0 aromatic heterocycles. The summed E-state index contributed by atoms with van der Waals surface area (Å²) in [6, 6.07) is 0.105. The van der Waals surface area contributed by atoms with Gasteiger partial charge in [-0.1, -0.05) is 13.8 Å². The van der Waals surface area contributed by atoms with E-state index in [2.05, 4.69) is 13.8 Å². The number of nitrogens with two attached hydrogens (primary N) is 1. The third kappa shape index (κ3) is 3.00. The summed E-state index contributed by atoms with van der Waals surface area (Å²) < 4.78 is 0. The van der Waals surface area contributed by atoms with Crippen molar-refractivity contribution in [1.82, 2.24) is 9.80 Å². The molecule has 2 heterocycles. The minimum Gasteiger partial charge on any atom is -0.342 e. The molecule has 0 radical (unpaired) electrons. The van der Waals surface area contributed by atoms with Crippen LogP contribution < -0.4 is 5.73 Å². The fraction of sp³-hybridized carbons (Fsp3) is 0.786. The molecule has 2 N–H and O–H groups in total. The Hall–Kier alpha value is -1.43. The predicted molar refractivity (Wildman–Crippen MR) is 73.5 cm³/mol. The quantitative estimate of drug-likeness (QED) is 0.744. The molecule has 6 nitrogen and oxygen atoms in total. The molecule has 1 unspecified atom stereocenters. The Morgan fingerprint density at radius 1 is 1.30 bits per heavy atom. The van der Waals surface area contributed by atoms with E-state index in [4.69, 9.17) is 5.73 Å². The highest BCUT2D eigenvalue weighted by Crippen LogP contribution is 2.28. The zero-order valence-electron chi connectivity index (χ0n) is 12.2. The monoisotopic (exact) mass is 281 g/mol. The van der Waals surface area contributed by atoms with E-state index < -0.39 is 0 Å². The minimum atomic E-state index is -0.163. The van der Waals surface area contributed by atoms with Gasteiger partial charge in [0.15, 0.2) is 0 Å². The largest absolute Gasteiger partial charge is 0.342 e. The van der Waals surface area contributed by atoms with Crippen LogP contribution >= 0.6 is 0 Å². The van der Waals surface area contributed by atoms with Crippen LogP contribution in [-0.2, 0) is 14.4 Å². The van der Waals surface area contributed by atoms with Gasteiger partial charge in [0.1, 0.15) is 0 Å². The highest BCUT2D eigenvalue weighted by atomic mass is 16.2. The van der Waals surface area contributed by atoms with Crippen LogP contribution in [0.1, 0.15) is 39.5 Å². The molecule has 3 amide bonds. The first-order valence-corrected chi connectivity index (χ1v) is 7.18. The van der Waals surface area contributed by atoms with E-state index in [1.807, 2.05) is 0 Å². The summed E-state index contributed by atoms with van der Waals surface area (Å²) in [7, 11) is 0. The SMILES string of the molecule is CC1(C)CN(C(=O)CCN2C(=O)CCC2=O)CCC1N. The lowest BCUT2D eigenvalue weighted by Crippen LogP contribution is -2.54. The van der Waals surface area contributed by atoms with Crippen LogP contribution in [0.2, 0.25) is 0 Å². The second-order valence-electron chi connectivity index (χ2n) is 6.39. The number of imide groups is 1. The van der Waals surface area contributed by atoms with Crippen molar-refractivity contribution < 1.29 is 14.4 Å². The fourth-order valence-corrected chi connectivity index (χ4v) is 2.82. The second-order valence-corrected chi connectivity index (χ2v) is 6.39. The van der Waals surface area contributed by atoms with Gasteiger partial charge in [-0.3, -0.25) is 19.3 Å². The molecule has 6 heteroatoms. The van der Waals surface area contributed by atoms with Gasteiger partial charge in [0.05, 0.1) is 0 Å². The molecule has 112 valence electrons. The Balaban J connectivity index is 1.86. The van der Waals surface area contributed by atoms with Crippen LogP contribution in [0.15, 0.2) is 0 Å². The van der Waals surface area contributed by atoms with Crippen LogP contribution in [-0.4, -0.2) is 53.2 Å². The van der Waals surface area contributed by atoms with E-state index >= 15 is 0 Å². The summed E-state index contributed by atoms with van der Waals surface area (Å²) >= 11 is 0. The lowest BCUT2D eigenvalue weighted by molar-refractivity contribution is -0.140. The van der Waals surface area contributed by atoms with Gasteiger partial charge in [0, 0.05) is 44.9 Å². The van der Waals surface area contributed by atoms with Crippen molar-refractivity contribution in [2.24, 2.45) is 11.1 Å². The Kier molecular flexibility index (Phi) is 4.13. The summed E-state index contributed by atoms with van der Waals surface area (Å²) in [6.07, 6.45) is 1.56. The van der Waals surface area contributed by atoms with Crippen LogP contribution in [0, 0.1) is 5.41 Å². The van der Waals surface area contributed by atoms with E-state index in [1.165, 1.54) is 4.90 Å². The first kappa shape index (κ1) is 15.0. The summed E-state index contributed by atoms with van der Waals surface area (Å²) in [6.45, 7) is 5.62. The number of amides is 3. The van der Waals surface area contributed by atoms with E-state index in [9.17, 15) is 14.4 Å². The number of piperidine rings is 1. The molecule has 2 aliphatic heterocycles. The maximum absolute atomic E-state index is 12.2. The lowest BCUT2D eigenvalue weighted by Gasteiger charge is -2.42. The van der Waals surface area contributed by atoms with Gasteiger partial charge >= 0.3 is 0 Å². The Labute approximate surface area is 119 Å². The average Bonchev–Trinajstić information content (AvgIpc) is 2.69. The van der Waals surface area contributed by atoms with Crippen molar-refractivity contribution in [2.75, 3.05) is 19.6 Å². The molecule has 0 saturated carbocycles. The van der Waals surface area contributed by atoms with E-state index in [0.717, 1.165) is 6.42 Å². The number of hydrogen-bond donors (Lipinski definition) is 1. The molecule has 20 heavy (non-hydrogen) atoms. The van der Waals surface area contributed by atoms with Gasteiger partial charge < -0.3 is 10.6 Å². The zero-order valence-corrected chi connectivity index (χ0v) is 12.2. The maximum atomic E-state index is 12.2. The van der Waals surface area contributed by atoms with Gasteiger partial charge in [-0.15, -0.1) is 0 Å². The van der Waals surface area contributed by atoms with E-state index in [0.29, 0.717) is 13.1 Å². The van der Waals surface area contributed by atoms with Crippen LogP contribution in [0.5, 0.6) is 0 Å². The Morgan fingerprint density at radius 3 is 2.45 bits per heavy atom. The number of hydrogen-bond acceptors (Lipinski definition) is 4.